The zero-order valence-corrected chi connectivity index (χ0v) is 10.8. The Morgan fingerprint density at radius 1 is 1.20 bits per heavy atom. The van der Waals surface area contributed by atoms with Gasteiger partial charge in [-0.05, 0) is 42.7 Å². The normalized spacial score (nSPS) is 21.9. The Labute approximate surface area is 114 Å². The summed E-state index contributed by atoms with van der Waals surface area (Å²) < 4.78 is 12.9. The fraction of sp³-hybridized carbons (Fsp3) is 0.200. The zero-order chi connectivity index (χ0) is 14.9. The van der Waals surface area contributed by atoms with E-state index in [9.17, 15) is 19.1 Å². The number of carboxylic acid groups (broad SMARTS) is 2. The van der Waals surface area contributed by atoms with E-state index in [1.807, 2.05) is 0 Å². The van der Waals surface area contributed by atoms with Gasteiger partial charge in [0, 0.05) is 5.57 Å². The van der Waals surface area contributed by atoms with Gasteiger partial charge in [0.25, 0.3) is 0 Å². The van der Waals surface area contributed by atoms with Crippen molar-refractivity contribution in [1.82, 2.24) is 0 Å². The molecule has 1 atom stereocenters. The lowest BCUT2D eigenvalue weighted by Crippen LogP contribution is -2.29. The topological polar surface area (TPSA) is 74.6 Å². The van der Waals surface area contributed by atoms with Crippen molar-refractivity contribution in [2.24, 2.45) is 5.41 Å². The van der Waals surface area contributed by atoms with Gasteiger partial charge in [0.05, 0.1) is 5.41 Å². The van der Waals surface area contributed by atoms with Gasteiger partial charge in [-0.25, -0.2) is 9.18 Å². The number of hydrogen-bond donors (Lipinski definition) is 2. The number of carboxylic acids is 2. The molecule has 5 heteroatoms. The predicted octanol–water partition coefficient (Wildman–Crippen LogP) is 2.71. The molecule has 0 spiro atoms. The van der Waals surface area contributed by atoms with Gasteiger partial charge in [-0.2, -0.15) is 0 Å². The van der Waals surface area contributed by atoms with Crippen LogP contribution in [0.5, 0.6) is 0 Å². The van der Waals surface area contributed by atoms with Crippen molar-refractivity contribution in [2.45, 2.75) is 13.3 Å². The van der Waals surface area contributed by atoms with Crippen molar-refractivity contribution in [3.05, 3.63) is 53.4 Å². The van der Waals surface area contributed by atoms with E-state index in [2.05, 4.69) is 0 Å². The number of halogens is 1. The number of carbonyl (C=O) groups is 2. The quantitative estimate of drug-likeness (QED) is 0.890. The average molecular weight is 276 g/mol. The maximum atomic E-state index is 12.9. The SMILES string of the molecule is CC1(C(=O)O)C=C(c2ccc(F)cc2)C=C(C(=O)O)C1. The molecule has 0 amide bonds. The highest BCUT2D eigenvalue weighted by Gasteiger charge is 2.36. The van der Waals surface area contributed by atoms with Crippen molar-refractivity contribution in [3.63, 3.8) is 0 Å². The standard InChI is InChI=1S/C15H13FO4/c1-15(14(19)20)7-10(6-11(8-15)13(17)18)9-2-4-12(16)5-3-9/h2-7H,8H2,1H3,(H,17,18)(H,19,20). The molecule has 0 saturated heterocycles. The van der Waals surface area contributed by atoms with Gasteiger partial charge >= 0.3 is 11.9 Å². The summed E-state index contributed by atoms with van der Waals surface area (Å²) in [7, 11) is 0. The van der Waals surface area contributed by atoms with Crippen LogP contribution in [0.4, 0.5) is 4.39 Å². The maximum Gasteiger partial charge on any atom is 0.331 e. The van der Waals surface area contributed by atoms with Gasteiger partial charge in [0.1, 0.15) is 5.82 Å². The molecule has 20 heavy (non-hydrogen) atoms. The summed E-state index contributed by atoms with van der Waals surface area (Å²) in [5, 5.41) is 18.4. The molecule has 1 aliphatic rings. The minimum Gasteiger partial charge on any atom is -0.481 e. The molecule has 0 fully saturated rings. The van der Waals surface area contributed by atoms with Crippen LogP contribution < -0.4 is 0 Å². The first-order valence-electron chi connectivity index (χ1n) is 5.98. The van der Waals surface area contributed by atoms with Crippen LogP contribution in [-0.4, -0.2) is 22.2 Å². The van der Waals surface area contributed by atoms with Crippen molar-refractivity contribution in [3.8, 4) is 0 Å². The molecule has 1 aromatic carbocycles. The van der Waals surface area contributed by atoms with Gasteiger partial charge in [0.2, 0.25) is 0 Å². The molecule has 4 nitrogen and oxygen atoms in total. The van der Waals surface area contributed by atoms with Crippen molar-refractivity contribution in [1.29, 1.82) is 0 Å². The highest BCUT2D eigenvalue weighted by molar-refractivity contribution is 5.96. The first-order valence-corrected chi connectivity index (χ1v) is 5.98. The molecule has 0 aromatic heterocycles. The van der Waals surface area contributed by atoms with E-state index in [4.69, 9.17) is 5.11 Å². The Bertz CT molecular complexity index is 628. The predicted molar refractivity (Wildman–Crippen MR) is 70.5 cm³/mol. The lowest BCUT2D eigenvalue weighted by atomic mass is 9.76. The molecule has 1 aromatic rings. The zero-order valence-electron chi connectivity index (χ0n) is 10.8. The minimum absolute atomic E-state index is 0.0247. The highest BCUT2D eigenvalue weighted by atomic mass is 19.1. The van der Waals surface area contributed by atoms with Crippen LogP contribution in [-0.2, 0) is 9.59 Å². The first kappa shape index (κ1) is 14.0. The largest absolute Gasteiger partial charge is 0.481 e. The van der Waals surface area contributed by atoms with E-state index in [0.29, 0.717) is 11.1 Å². The first-order chi connectivity index (χ1) is 9.32. The number of rotatable bonds is 3. The molecule has 0 radical (unpaired) electrons. The fourth-order valence-electron chi connectivity index (χ4n) is 2.15. The molecule has 0 aliphatic heterocycles. The summed E-state index contributed by atoms with van der Waals surface area (Å²) >= 11 is 0. The van der Waals surface area contributed by atoms with Crippen LogP contribution in [0.15, 0.2) is 42.0 Å². The fourth-order valence-corrected chi connectivity index (χ4v) is 2.15. The summed E-state index contributed by atoms with van der Waals surface area (Å²) in [6, 6.07) is 5.48. The third-order valence-electron chi connectivity index (χ3n) is 3.30. The lowest BCUT2D eigenvalue weighted by molar-refractivity contribution is -0.145. The molecule has 0 heterocycles. The van der Waals surface area contributed by atoms with Gasteiger partial charge in [0.15, 0.2) is 0 Å². The van der Waals surface area contributed by atoms with Crippen molar-refractivity contribution < 1.29 is 24.2 Å². The number of benzene rings is 1. The molecule has 1 aliphatic carbocycles. The van der Waals surface area contributed by atoms with Crippen LogP contribution in [0.2, 0.25) is 0 Å². The monoisotopic (exact) mass is 276 g/mol. The molecule has 2 N–H and O–H groups in total. The van der Waals surface area contributed by atoms with Gasteiger partial charge in [-0.1, -0.05) is 18.2 Å². The molecule has 0 saturated carbocycles. The minimum atomic E-state index is -1.29. The molecule has 2 rings (SSSR count). The Morgan fingerprint density at radius 3 is 2.30 bits per heavy atom. The Morgan fingerprint density at radius 2 is 1.80 bits per heavy atom. The lowest BCUT2D eigenvalue weighted by Gasteiger charge is -2.26. The van der Waals surface area contributed by atoms with E-state index >= 15 is 0 Å². The van der Waals surface area contributed by atoms with Crippen LogP contribution >= 0.6 is 0 Å². The summed E-state index contributed by atoms with van der Waals surface area (Å²) in [5.74, 6) is -2.65. The number of allylic oxidation sites excluding steroid dienone is 2. The molecular formula is C15H13FO4. The van der Waals surface area contributed by atoms with E-state index in [0.717, 1.165) is 0 Å². The molecular weight excluding hydrogens is 263 g/mol. The van der Waals surface area contributed by atoms with Crippen LogP contribution in [0.3, 0.4) is 0 Å². The summed E-state index contributed by atoms with van der Waals surface area (Å²) in [6.07, 6.45) is 2.86. The van der Waals surface area contributed by atoms with Crippen LogP contribution in [0, 0.1) is 11.2 Å². The molecule has 1 unspecified atom stereocenters. The third kappa shape index (κ3) is 2.61. The maximum absolute atomic E-state index is 12.9. The van der Waals surface area contributed by atoms with E-state index in [1.54, 1.807) is 0 Å². The summed E-state index contributed by atoms with van der Waals surface area (Å²) in [5.41, 5.74) is -0.209. The number of aliphatic carboxylic acids is 2. The Hall–Kier alpha value is -2.43. The smallest absolute Gasteiger partial charge is 0.331 e. The summed E-state index contributed by atoms with van der Waals surface area (Å²) in [4.78, 5) is 22.5. The second kappa shape index (κ2) is 4.92. The van der Waals surface area contributed by atoms with Crippen molar-refractivity contribution >= 4 is 17.5 Å². The highest BCUT2D eigenvalue weighted by Crippen LogP contribution is 2.37. The van der Waals surface area contributed by atoms with Gasteiger partial charge < -0.3 is 10.2 Å². The van der Waals surface area contributed by atoms with Crippen molar-refractivity contribution in [2.75, 3.05) is 0 Å². The van der Waals surface area contributed by atoms with Gasteiger partial charge in [-0.3, -0.25) is 4.79 Å². The Kier molecular flexibility index (Phi) is 3.44. The van der Waals surface area contributed by atoms with E-state index in [-0.39, 0.29) is 12.0 Å². The van der Waals surface area contributed by atoms with Crippen LogP contribution in [0.1, 0.15) is 18.9 Å². The van der Waals surface area contributed by atoms with E-state index in [1.165, 1.54) is 43.3 Å². The van der Waals surface area contributed by atoms with Gasteiger partial charge in [-0.15, -0.1) is 0 Å². The second-order valence-corrected chi connectivity index (χ2v) is 4.98. The third-order valence-corrected chi connectivity index (χ3v) is 3.30. The van der Waals surface area contributed by atoms with E-state index < -0.39 is 23.2 Å². The second-order valence-electron chi connectivity index (χ2n) is 4.98. The summed E-state index contributed by atoms with van der Waals surface area (Å²) in [6.45, 7) is 1.47. The molecule has 104 valence electrons. The Balaban J connectivity index is 2.52. The van der Waals surface area contributed by atoms with Crippen LogP contribution in [0.25, 0.3) is 5.57 Å². The molecule has 0 bridgehead atoms. The number of hydrogen-bond acceptors (Lipinski definition) is 2. The average Bonchev–Trinajstić information content (AvgIpc) is 2.38.